The van der Waals surface area contributed by atoms with Crippen molar-refractivity contribution in [2.24, 2.45) is 5.41 Å². The zero-order valence-corrected chi connectivity index (χ0v) is 15.6. The van der Waals surface area contributed by atoms with E-state index in [0.717, 1.165) is 0 Å². The average Bonchev–Trinajstić information content (AvgIpc) is 3.06. The Labute approximate surface area is 156 Å². The van der Waals surface area contributed by atoms with Gasteiger partial charge in [-0.05, 0) is 38.0 Å². The van der Waals surface area contributed by atoms with Crippen molar-refractivity contribution < 1.29 is 19.1 Å². The molecule has 1 saturated heterocycles. The van der Waals surface area contributed by atoms with Gasteiger partial charge in [-0.25, -0.2) is 14.1 Å². The Morgan fingerprint density at radius 3 is 2.70 bits per heavy atom. The number of halogens is 1. The lowest BCUT2D eigenvalue weighted by Gasteiger charge is -2.36. The van der Waals surface area contributed by atoms with Crippen LogP contribution >= 0.6 is 0 Å². The van der Waals surface area contributed by atoms with Crippen LogP contribution in [0.5, 0.6) is 0 Å². The van der Waals surface area contributed by atoms with Crippen LogP contribution in [0.4, 0.5) is 4.39 Å². The standard InChI is InChI=1S/C19H23FN4O3/c1-12(2)16-21-15(22-24(16)14-7-4-6-13(20)10-14)17(25)23-9-5-8-19(3,11-23)18(26)27/h4,6-7,10,12H,5,8-9,11H2,1-3H3,(H,26,27). The molecule has 1 amide bonds. The number of carboxylic acid groups (broad SMARTS) is 1. The third kappa shape index (κ3) is 3.70. The summed E-state index contributed by atoms with van der Waals surface area (Å²) in [5.41, 5.74) is -0.487. The summed E-state index contributed by atoms with van der Waals surface area (Å²) in [5, 5.41) is 13.8. The lowest BCUT2D eigenvalue weighted by atomic mass is 9.82. The van der Waals surface area contributed by atoms with E-state index in [1.807, 2.05) is 13.8 Å². The van der Waals surface area contributed by atoms with Crippen LogP contribution in [0.2, 0.25) is 0 Å². The van der Waals surface area contributed by atoms with Crippen molar-refractivity contribution in [1.82, 2.24) is 19.7 Å². The van der Waals surface area contributed by atoms with Gasteiger partial charge >= 0.3 is 5.97 Å². The van der Waals surface area contributed by atoms with Crippen LogP contribution in [0.3, 0.4) is 0 Å². The van der Waals surface area contributed by atoms with Crippen LogP contribution in [0.15, 0.2) is 24.3 Å². The first kappa shape index (κ1) is 19.0. The smallest absolute Gasteiger partial charge is 0.311 e. The van der Waals surface area contributed by atoms with Gasteiger partial charge in [-0.1, -0.05) is 19.9 Å². The number of aliphatic carboxylic acids is 1. The monoisotopic (exact) mass is 374 g/mol. The topological polar surface area (TPSA) is 88.3 Å². The second-order valence-electron chi connectivity index (χ2n) is 7.54. The van der Waals surface area contributed by atoms with Crippen molar-refractivity contribution in [2.45, 2.75) is 39.5 Å². The molecule has 1 fully saturated rings. The van der Waals surface area contributed by atoms with Crippen LogP contribution in [0, 0.1) is 11.2 Å². The maximum Gasteiger partial charge on any atom is 0.311 e. The number of carbonyl (C=O) groups excluding carboxylic acids is 1. The number of nitrogens with zero attached hydrogens (tertiary/aromatic N) is 4. The predicted octanol–water partition coefficient (Wildman–Crippen LogP) is 2.86. The van der Waals surface area contributed by atoms with Crippen molar-refractivity contribution >= 4 is 11.9 Å². The van der Waals surface area contributed by atoms with E-state index in [4.69, 9.17) is 0 Å². The number of likely N-dealkylation sites (tertiary alicyclic amines) is 1. The molecule has 0 saturated carbocycles. The fourth-order valence-electron chi connectivity index (χ4n) is 3.32. The highest BCUT2D eigenvalue weighted by Crippen LogP contribution is 2.30. The van der Waals surface area contributed by atoms with E-state index < -0.39 is 23.1 Å². The highest BCUT2D eigenvalue weighted by atomic mass is 19.1. The van der Waals surface area contributed by atoms with Crippen molar-refractivity contribution in [2.75, 3.05) is 13.1 Å². The first-order valence-electron chi connectivity index (χ1n) is 8.97. The lowest BCUT2D eigenvalue weighted by Crippen LogP contribution is -2.48. The molecule has 8 heteroatoms. The second kappa shape index (κ2) is 7.09. The van der Waals surface area contributed by atoms with Crippen molar-refractivity contribution in [3.05, 3.63) is 41.7 Å². The van der Waals surface area contributed by atoms with Crippen LogP contribution in [-0.2, 0) is 4.79 Å². The molecule has 1 unspecified atom stereocenters. The number of carbonyl (C=O) groups is 2. The van der Waals surface area contributed by atoms with Gasteiger partial charge in [-0.2, -0.15) is 0 Å². The highest BCUT2D eigenvalue weighted by Gasteiger charge is 2.40. The number of rotatable bonds is 4. The molecule has 1 aliphatic heterocycles. The van der Waals surface area contributed by atoms with E-state index in [1.165, 1.54) is 21.7 Å². The zero-order chi connectivity index (χ0) is 19.8. The van der Waals surface area contributed by atoms with Crippen LogP contribution < -0.4 is 0 Å². The zero-order valence-electron chi connectivity index (χ0n) is 15.6. The van der Waals surface area contributed by atoms with E-state index in [1.54, 1.807) is 19.1 Å². The first-order valence-corrected chi connectivity index (χ1v) is 8.97. The summed E-state index contributed by atoms with van der Waals surface area (Å²) in [6.07, 6.45) is 1.13. The van der Waals surface area contributed by atoms with Crippen LogP contribution in [0.25, 0.3) is 5.69 Å². The molecule has 2 aromatic rings. The number of aromatic nitrogens is 3. The third-order valence-corrected chi connectivity index (χ3v) is 4.89. The Bertz CT molecular complexity index is 880. The quantitative estimate of drug-likeness (QED) is 0.889. The molecular weight excluding hydrogens is 351 g/mol. The van der Waals surface area contributed by atoms with Gasteiger partial charge in [0.15, 0.2) is 0 Å². The summed E-state index contributed by atoms with van der Waals surface area (Å²) < 4.78 is 15.1. The van der Waals surface area contributed by atoms with Gasteiger partial charge < -0.3 is 10.0 Å². The van der Waals surface area contributed by atoms with Crippen molar-refractivity contribution in [3.8, 4) is 5.69 Å². The van der Waals surface area contributed by atoms with Crippen LogP contribution in [0.1, 0.15) is 56.0 Å². The lowest BCUT2D eigenvalue weighted by molar-refractivity contribution is -0.150. The third-order valence-electron chi connectivity index (χ3n) is 4.89. The number of piperidine rings is 1. The van der Waals surface area contributed by atoms with Gasteiger partial charge in [-0.15, -0.1) is 5.10 Å². The summed E-state index contributed by atoms with van der Waals surface area (Å²) in [6.45, 7) is 6.06. The molecule has 3 rings (SSSR count). The minimum atomic E-state index is -0.972. The van der Waals surface area contributed by atoms with Gasteiger partial charge in [0, 0.05) is 19.0 Å². The van der Waals surface area contributed by atoms with Crippen molar-refractivity contribution in [1.29, 1.82) is 0 Å². The van der Waals surface area contributed by atoms with Gasteiger partial charge in [0.05, 0.1) is 11.1 Å². The van der Waals surface area contributed by atoms with Gasteiger partial charge in [0.2, 0.25) is 5.82 Å². The number of benzene rings is 1. The van der Waals surface area contributed by atoms with E-state index in [0.29, 0.717) is 30.9 Å². The molecular formula is C19H23FN4O3. The molecule has 7 nitrogen and oxygen atoms in total. The van der Waals surface area contributed by atoms with Gasteiger partial charge in [0.25, 0.3) is 5.91 Å². The molecule has 1 atom stereocenters. The molecule has 0 spiro atoms. The Hall–Kier alpha value is -2.77. The Morgan fingerprint density at radius 2 is 2.07 bits per heavy atom. The fourth-order valence-corrected chi connectivity index (χ4v) is 3.32. The maximum atomic E-state index is 13.6. The first-order chi connectivity index (χ1) is 12.7. The molecule has 2 heterocycles. The fraction of sp³-hybridized carbons (Fsp3) is 0.474. The highest BCUT2D eigenvalue weighted by molar-refractivity contribution is 5.91. The second-order valence-corrected chi connectivity index (χ2v) is 7.54. The number of carboxylic acids is 1. The minimum absolute atomic E-state index is 0.00222. The minimum Gasteiger partial charge on any atom is -0.481 e. The van der Waals surface area contributed by atoms with E-state index >= 15 is 0 Å². The number of amides is 1. The largest absolute Gasteiger partial charge is 0.481 e. The van der Waals surface area contributed by atoms with Crippen molar-refractivity contribution in [3.63, 3.8) is 0 Å². The normalized spacial score (nSPS) is 20.1. The van der Waals surface area contributed by atoms with Gasteiger partial charge in [-0.3, -0.25) is 9.59 Å². The van der Waals surface area contributed by atoms with E-state index in [-0.39, 0.29) is 18.3 Å². The Balaban J connectivity index is 1.94. The van der Waals surface area contributed by atoms with E-state index in [9.17, 15) is 19.1 Å². The molecule has 0 bridgehead atoms. The summed E-state index contributed by atoms with van der Waals surface area (Å²) in [6, 6.07) is 5.93. The van der Waals surface area contributed by atoms with Gasteiger partial charge in [0.1, 0.15) is 11.6 Å². The summed E-state index contributed by atoms with van der Waals surface area (Å²) in [5.74, 6) is -1.22. The summed E-state index contributed by atoms with van der Waals surface area (Å²) in [7, 11) is 0. The molecule has 144 valence electrons. The molecule has 1 N–H and O–H groups in total. The SMILES string of the molecule is CC(C)c1nc(C(=O)N2CCCC(C)(C(=O)O)C2)nn1-c1cccc(F)c1. The molecule has 1 aromatic heterocycles. The van der Waals surface area contributed by atoms with Crippen LogP contribution in [-0.4, -0.2) is 49.7 Å². The molecule has 0 radical (unpaired) electrons. The van der Waals surface area contributed by atoms with E-state index in [2.05, 4.69) is 10.1 Å². The molecule has 0 aliphatic carbocycles. The maximum absolute atomic E-state index is 13.6. The summed E-state index contributed by atoms with van der Waals surface area (Å²) in [4.78, 5) is 30.3. The molecule has 1 aliphatic rings. The number of hydrogen-bond donors (Lipinski definition) is 1. The molecule has 1 aromatic carbocycles. The summed E-state index contributed by atoms with van der Waals surface area (Å²) >= 11 is 0. The average molecular weight is 374 g/mol. The predicted molar refractivity (Wildman–Crippen MR) is 96.3 cm³/mol. The Morgan fingerprint density at radius 1 is 1.33 bits per heavy atom. The Kier molecular flexibility index (Phi) is 4.99. The number of hydrogen-bond acceptors (Lipinski definition) is 4. The molecule has 27 heavy (non-hydrogen) atoms.